The zero-order valence-electron chi connectivity index (χ0n) is 35.3. The van der Waals surface area contributed by atoms with Gasteiger partial charge < -0.3 is 20.3 Å². The monoisotopic (exact) mass is 756 g/mol. The summed E-state index contributed by atoms with van der Waals surface area (Å²) < 4.78 is 5.87. The first kappa shape index (κ1) is 51.6. The number of esters is 1. The number of ether oxygens (including phenoxy) is 1. The number of rotatable bonds is 39. The summed E-state index contributed by atoms with van der Waals surface area (Å²) in [7, 11) is 0. The van der Waals surface area contributed by atoms with Crippen LogP contribution in [-0.4, -0.2) is 46.9 Å². The Hall–Kier alpha value is -2.44. The van der Waals surface area contributed by atoms with E-state index in [1.54, 1.807) is 0 Å². The molecule has 0 aliphatic rings. The Morgan fingerprint density at radius 1 is 0.556 bits per heavy atom. The molecule has 6 heteroatoms. The molecule has 54 heavy (non-hydrogen) atoms. The minimum atomic E-state index is -0.794. The molecule has 0 saturated heterocycles. The quantitative estimate of drug-likeness (QED) is 0.0251. The molecule has 3 atom stereocenters. The van der Waals surface area contributed by atoms with E-state index in [0.717, 1.165) is 96.3 Å². The number of hydrogen-bond donors (Lipinski definition) is 3. The van der Waals surface area contributed by atoms with Crippen molar-refractivity contribution in [3.63, 3.8) is 0 Å². The normalized spacial score (nSPS) is 13.9. The van der Waals surface area contributed by atoms with Crippen molar-refractivity contribution in [1.29, 1.82) is 0 Å². The van der Waals surface area contributed by atoms with Gasteiger partial charge in [0.1, 0.15) is 6.10 Å². The van der Waals surface area contributed by atoms with Crippen LogP contribution in [0.5, 0.6) is 0 Å². The Labute approximate surface area is 333 Å². The van der Waals surface area contributed by atoms with Crippen LogP contribution >= 0.6 is 0 Å². The molecule has 0 rings (SSSR count). The summed E-state index contributed by atoms with van der Waals surface area (Å²) in [6.45, 7) is 6.26. The number of carbonyl (C=O) groups is 2. The lowest BCUT2D eigenvalue weighted by atomic mass is 10.0. The van der Waals surface area contributed by atoms with Gasteiger partial charge in [-0.2, -0.15) is 0 Å². The summed E-state index contributed by atoms with van der Waals surface area (Å²) in [5, 5.41) is 23.6. The minimum Gasteiger partial charge on any atom is -0.462 e. The molecule has 0 aliphatic carbocycles. The van der Waals surface area contributed by atoms with Crippen LogP contribution in [0.2, 0.25) is 0 Å². The standard InChI is InChI=1S/C48H85NO5/c1-4-7-10-13-16-19-21-22-23-24-26-29-32-35-38-41-48(53)54-44(39-36-33-30-27-18-15-12-9-6-3)42-47(52)49-45(43-50)46(51)40-37-34-31-28-25-20-17-14-11-8-5-2/h7,10,13,15-16,18-19,21-23,44-46,50-51H,4-6,8-9,11-12,14,17,20,24-43H2,1-3H3,(H,49,52)/b10-7+,16-13+,18-15-,21-19+,23-22-. The van der Waals surface area contributed by atoms with Gasteiger partial charge >= 0.3 is 5.97 Å². The number of aliphatic hydroxyl groups excluding tert-OH is 2. The van der Waals surface area contributed by atoms with Gasteiger partial charge in [-0.15, -0.1) is 0 Å². The highest BCUT2D eigenvalue weighted by atomic mass is 16.5. The van der Waals surface area contributed by atoms with Crippen molar-refractivity contribution >= 4 is 11.9 Å². The van der Waals surface area contributed by atoms with Gasteiger partial charge in [-0.05, 0) is 64.2 Å². The van der Waals surface area contributed by atoms with Gasteiger partial charge in [0.2, 0.25) is 5.91 Å². The van der Waals surface area contributed by atoms with Crippen LogP contribution in [0.1, 0.15) is 207 Å². The molecule has 0 aliphatic heterocycles. The maximum absolute atomic E-state index is 13.1. The Kier molecular flexibility index (Phi) is 39.8. The van der Waals surface area contributed by atoms with Crippen molar-refractivity contribution in [2.45, 2.75) is 225 Å². The molecular weight excluding hydrogens is 671 g/mol. The van der Waals surface area contributed by atoms with Crippen LogP contribution in [0, 0.1) is 0 Å². The summed E-state index contributed by atoms with van der Waals surface area (Å²) in [6.07, 6.45) is 49.9. The van der Waals surface area contributed by atoms with E-state index < -0.39 is 18.2 Å². The average molecular weight is 756 g/mol. The van der Waals surface area contributed by atoms with Crippen molar-refractivity contribution in [2.24, 2.45) is 0 Å². The molecule has 0 spiro atoms. The Morgan fingerprint density at radius 2 is 1.04 bits per heavy atom. The lowest BCUT2D eigenvalue weighted by molar-refractivity contribution is -0.151. The van der Waals surface area contributed by atoms with E-state index >= 15 is 0 Å². The fourth-order valence-electron chi connectivity index (χ4n) is 6.48. The van der Waals surface area contributed by atoms with Crippen LogP contribution in [0.4, 0.5) is 0 Å². The number of amides is 1. The molecule has 0 bridgehead atoms. The minimum absolute atomic E-state index is 0.0548. The van der Waals surface area contributed by atoms with E-state index in [2.05, 4.69) is 68.6 Å². The summed E-state index contributed by atoms with van der Waals surface area (Å²) in [6, 6.07) is -0.710. The van der Waals surface area contributed by atoms with Crippen LogP contribution in [-0.2, 0) is 14.3 Å². The molecule has 1 amide bonds. The second-order valence-corrected chi connectivity index (χ2v) is 15.2. The van der Waals surface area contributed by atoms with Gasteiger partial charge in [0, 0.05) is 6.42 Å². The molecule has 0 aromatic carbocycles. The first-order chi connectivity index (χ1) is 26.5. The summed E-state index contributed by atoms with van der Waals surface area (Å²) >= 11 is 0. The maximum Gasteiger partial charge on any atom is 0.306 e. The predicted molar refractivity (Wildman–Crippen MR) is 232 cm³/mol. The van der Waals surface area contributed by atoms with E-state index in [-0.39, 0.29) is 24.9 Å². The van der Waals surface area contributed by atoms with E-state index in [1.807, 2.05) is 18.2 Å². The van der Waals surface area contributed by atoms with Gasteiger partial charge in [0.15, 0.2) is 0 Å². The number of nitrogens with one attached hydrogen (secondary N) is 1. The summed E-state index contributed by atoms with van der Waals surface area (Å²) in [4.78, 5) is 25.9. The van der Waals surface area contributed by atoms with Crippen molar-refractivity contribution in [3.05, 3.63) is 60.8 Å². The van der Waals surface area contributed by atoms with Gasteiger partial charge in [-0.3, -0.25) is 9.59 Å². The largest absolute Gasteiger partial charge is 0.462 e. The number of allylic oxidation sites excluding steroid dienone is 10. The van der Waals surface area contributed by atoms with Crippen molar-refractivity contribution in [1.82, 2.24) is 5.32 Å². The molecule has 3 N–H and O–H groups in total. The molecule has 0 saturated carbocycles. The number of carbonyl (C=O) groups excluding carboxylic acids is 2. The zero-order chi connectivity index (χ0) is 39.6. The third-order valence-electron chi connectivity index (χ3n) is 9.93. The topological polar surface area (TPSA) is 95.9 Å². The highest BCUT2D eigenvalue weighted by Crippen LogP contribution is 2.17. The average Bonchev–Trinajstić information content (AvgIpc) is 3.16. The zero-order valence-corrected chi connectivity index (χ0v) is 35.3. The molecule has 0 aromatic rings. The Morgan fingerprint density at radius 3 is 1.65 bits per heavy atom. The Bertz CT molecular complexity index is 984. The molecule has 0 aromatic heterocycles. The third-order valence-corrected chi connectivity index (χ3v) is 9.93. The van der Waals surface area contributed by atoms with Crippen molar-refractivity contribution < 1.29 is 24.5 Å². The summed E-state index contributed by atoms with van der Waals surface area (Å²) in [5.41, 5.74) is 0. The smallest absolute Gasteiger partial charge is 0.306 e. The molecule has 312 valence electrons. The molecule has 0 heterocycles. The van der Waals surface area contributed by atoms with E-state index in [0.29, 0.717) is 19.3 Å². The van der Waals surface area contributed by atoms with Gasteiger partial charge in [0.25, 0.3) is 0 Å². The van der Waals surface area contributed by atoms with Crippen LogP contribution < -0.4 is 5.32 Å². The van der Waals surface area contributed by atoms with Gasteiger partial charge in [-0.25, -0.2) is 0 Å². The van der Waals surface area contributed by atoms with E-state index in [1.165, 1.54) is 64.2 Å². The second-order valence-electron chi connectivity index (χ2n) is 15.2. The highest BCUT2D eigenvalue weighted by Gasteiger charge is 2.24. The highest BCUT2D eigenvalue weighted by molar-refractivity contribution is 5.77. The summed E-state index contributed by atoms with van der Waals surface area (Å²) in [5.74, 6) is -0.523. The van der Waals surface area contributed by atoms with Crippen LogP contribution in [0.15, 0.2) is 60.8 Å². The van der Waals surface area contributed by atoms with E-state index in [9.17, 15) is 19.8 Å². The van der Waals surface area contributed by atoms with Crippen LogP contribution in [0.3, 0.4) is 0 Å². The number of aliphatic hydroxyl groups is 2. The second kappa shape index (κ2) is 41.7. The van der Waals surface area contributed by atoms with Crippen LogP contribution in [0.25, 0.3) is 0 Å². The molecule has 3 unspecified atom stereocenters. The molecular formula is C48H85NO5. The number of unbranched alkanes of at least 4 members (excludes halogenated alkanes) is 20. The van der Waals surface area contributed by atoms with E-state index in [4.69, 9.17) is 4.74 Å². The fraction of sp³-hybridized carbons (Fsp3) is 0.750. The predicted octanol–water partition coefficient (Wildman–Crippen LogP) is 12.9. The molecule has 0 radical (unpaired) electrons. The SMILES string of the molecule is CC/C=C/C=C/C=C/C=C\CCCCCCCC(=O)OC(CCCCC/C=C\CCCC)CC(=O)NC(CO)C(O)CCCCCCCCCCCCC. The van der Waals surface area contributed by atoms with Crippen molar-refractivity contribution in [3.8, 4) is 0 Å². The van der Waals surface area contributed by atoms with Gasteiger partial charge in [-0.1, -0.05) is 191 Å². The third kappa shape index (κ3) is 36.5. The maximum atomic E-state index is 13.1. The first-order valence-electron chi connectivity index (χ1n) is 22.6. The lowest BCUT2D eigenvalue weighted by Crippen LogP contribution is -2.46. The lowest BCUT2D eigenvalue weighted by Gasteiger charge is -2.24. The Balaban J connectivity index is 4.59. The molecule has 0 fully saturated rings. The number of hydrogen-bond acceptors (Lipinski definition) is 5. The first-order valence-corrected chi connectivity index (χ1v) is 22.6. The fourth-order valence-corrected chi connectivity index (χ4v) is 6.48. The molecule has 6 nitrogen and oxygen atoms in total. The van der Waals surface area contributed by atoms with Gasteiger partial charge in [0.05, 0.1) is 25.2 Å². The van der Waals surface area contributed by atoms with Crippen molar-refractivity contribution in [2.75, 3.05) is 6.61 Å².